The highest BCUT2D eigenvalue weighted by Gasteiger charge is 2.16. The molecule has 2 aromatic heterocycles. The maximum atomic E-state index is 12.6. The van der Waals surface area contributed by atoms with Crippen molar-refractivity contribution in [2.45, 2.75) is 33.6 Å². The van der Waals surface area contributed by atoms with Gasteiger partial charge in [-0.2, -0.15) is 0 Å². The lowest BCUT2D eigenvalue weighted by Gasteiger charge is -2.11. The van der Waals surface area contributed by atoms with Gasteiger partial charge in [0.15, 0.2) is 0 Å². The Morgan fingerprint density at radius 3 is 2.16 bits per heavy atom. The zero-order valence-corrected chi connectivity index (χ0v) is 18.8. The zero-order chi connectivity index (χ0) is 23.0. The number of benzene rings is 2. The first-order chi connectivity index (χ1) is 15.3. The topological polar surface area (TPSA) is 90.9 Å². The van der Waals surface area contributed by atoms with Crippen molar-refractivity contribution in [3.63, 3.8) is 0 Å². The number of ether oxygens (including phenoxy) is 2. The summed E-state index contributed by atoms with van der Waals surface area (Å²) in [7, 11) is 3.09. The Hall–Kier alpha value is -3.74. The van der Waals surface area contributed by atoms with Crippen molar-refractivity contribution in [1.29, 1.82) is 0 Å². The quantitative estimate of drug-likeness (QED) is 0.426. The van der Waals surface area contributed by atoms with Gasteiger partial charge in [-0.15, -0.1) is 0 Å². The first-order valence-corrected chi connectivity index (χ1v) is 10.3. The molecule has 0 saturated heterocycles. The summed E-state index contributed by atoms with van der Waals surface area (Å²) in [5, 5.41) is 4.66. The summed E-state index contributed by atoms with van der Waals surface area (Å²) in [4.78, 5) is 25.2. The molecule has 0 aliphatic rings. The number of hydrogen-bond donors (Lipinski definition) is 1. The summed E-state index contributed by atoms with van der Waals surface area (Å²) < 4.78 is 21.8. The largest absolute Gasteiger partial charge is 0.497 e. The Bertz CT molecular complexity index is 1370. The Morgan fingerprint density at radius 1 is 0.875 bits per heavy atom. The predicted octanol–water partition coefficient (Wildman–Crippen LogP) is 5.05. The lowest BCUT2D eigenvalue weighted by atomic mass is 10.0. The molecule has 4 rings (SSSR count). The fraction of sp³-hybridized carbons (Fsp3) is 0.280. The van der Waals surface area contributed by atoms with Gasteiger partial charge < -0.3 is 23.6 Å². The molecular formula is C25H25NO6. The molecular weight excluding hydrogens is 410 g/mol. The number of carbonyl (C=O) groups is 1. The second-order valence-electron chi connectivity index (χ2n) is 7.77. The molecule has 0 aliphatic heterocycles. The van der Waals surface area contributed by atoms with Crippen LogP contribution >= 0.6 is 0 Å². The third-order valence-corrected chi connectivity index (χ3v) is 5.82. The van der Waals surface area contributed by atoms with Crippen LogP contribution in [-0.4, -0.2) is 20.1 Å². The molecule has 0 aliphatic carbocycles. The molecule has 0 spiro atoms. The zero-order valence-electron chi connectivity index (χ0n) is 18.8. The highest BCUT2D eigenvalue weighted by Crippen LogP contribution is 2.31. The van der Waals surface area contributed by atoms with Crippen LogP contribution in [0.5, 0.6) is 11.5 Å². The molecule has 7 nitrogen and oxygen atoms in total. The van der Waals surface area contributed by atoms with Gasteiger partial charge in [0.2, 0.25) is 5.91 Å². The normalized spacial score (nSPS) is 11.2. The van der Waals surface area contributed by atoms with Crippen molar-refractivity contribution in [3.05, 3.63) is 63.2 Å². The van der Waals surface area contributed by atoms with E-state index < -0.39 is 5.63 Å². The molecule has 1 N–H and O–H groups in total. The van der Waals surface area contributed by atoms with Crippen molar-refractivity contribution in [2.75, 3.05) is 19.5 Å². The van der Waals surface area contributed by atoms with E-state index in [-0.39, 0.29) is 18.7 Å². The average molecular weight is 435 g/mol. The first-order valence-electron chi connectivity index (χ1n) is 10.3. The number of amides is 1. The molecule has 0 atom stereocenters. The van der Waals surface area contributed by atoms with Crippen LogP contribution in [0.4, 0.5) is 5.69 Å². The van der Waals surface area contributed by atoms with Crippen LogP contribution in [0, 0.1) is 20.8 Å². The van der Waals surface area contributed by atoms with Gasteiger partial charge in [0.1, 0.15) is 28.4 Å². The maximum absolute atomic E-state index is 12.6. The van der Waals surface area contributed by atoms with Crippen LogP contribution < -0.4 is 20.4 Å². The van der Waals surface area contributed by atoms with E-state index in [1.807, 2.05) is 26.8 Å². The molecule has 2 heterocycles. The number of rotatable bonds is 6. The number of anilines is 1. The van der Waals surface area contributed by atoms with Crippen LogP contribution in [0.25, 0.3) is 21.9 Å². The minimum atomic E-state index is -0.440. The van der Waals surface area contributed by atoms with E-state index >= 15 is 0 Å². The fourth-order valence-electron chi connectivity index (χ4n) is 3.86. The lowest BCUT2D eigenvalue weighted by Crippen LogP contribution is -2.16. The standard InChI is InChI=1S/C25H25NO6/c1-13-15(3)31-22-12-23-21(11-20(13)22)14(2)19(25(28)32-23)6-7-24(27)26-16-8-17(29-4)10-18(9-16)30-5/h8-12H,6-7H2,1-5H3,(H,26,27). The van der Waals surface area contributed by atoms with E-state index in [4.69, 9.17) is 18.3 Å². The van der Waals surface area contributed by atoms with Gasteiger partial charge in [0, 0.05) is 52.7 Å². The fourth-order valence-corrected chi connectivity index (χ4v) is 3.86. The number of aryl methyl sites for hydroxylation is 3. The maximum Gasteiger partial charge on any atom is 0.339 e. The molecule has 166 valence electrons. The van der Waals surface area contributed by atoms with E-state index in [2.05, 4.69) is 5.32 Å². The summed E-state index contributed by atoms with van der Waals surface area (Å²) in [6.07, 6.45) is 0.390. The molecule has 0 radical (unpaired) electrons. The van der Waals surface area contributed by atoms with Gasteiger partial charge in [-0.1, -0.05) is 0 Å². The highest BCUT2D eigenvalue weighted by molar-refractivity contribution is 5.97. The molecule has 7 heteroatoms. The third kappa shape index (κ3) is 3.93. The van der Waals surface area contributed by atoms with Crippen molar-refractivity contribution >= 4 is 33.5 Å². The molecule has 4 aromatic rings. The number of carbonyl (C=O) groups excluding carboxylic acids is 1. The highest BCUT2D eigenvalue weighted by atomic mass is 16.5. The van der Waals surface area contributed by atoms with E-state index in [1.165, 1.54) is 0 Å². The molecule has 0 bridgehead atoms. The first kappa shape index (κ1) is 21.5. The minimum Gasteiger partial charge on any atom is -0.497 e. The monoisotopic (exact) mass is 435 g/mol. The third-order valence-electron chi connectivity index (χ3n) is 5.82. The van der Waals surface area contributed by atoms with E-state index in [9.17, 15) is 9.59 Å². The molecule has 2 aromatic carbocycles. The molecule has 1 amide bonds. The Labute approximate surface area is 184 Å². The number of furan rings is 1. The van der Waals surface area contributed by atoms with Gasteiger partial charge >= 0.3 is 5.63 Å². The van der Waals surface area contributed by atoms with Crippen molar-refractivity contribution in [2.24, 2.45) is 0 Å². The second-order valence-corrected chi connectivity index (χ2v) is 7.77. The van der Waals surface area contributed by atoms with Crippen molar-refractivity contribution < 1.29 is 23.1 Å². The van der Waals surface area contributed by atoms with Crippen molar-refractivity contribution in [3.8, 4) is 11.5 Å². The van der Waals surface area contributed by atoms with Gasteiger partial charge in [-0.25, -0.2) is 4.79 Å². The summed E-state index contributed by atoms with van der Waals surface area (Å²) >= 11 is 0. The van der Waals surface area contributed by atoms with E-state index in [0.29, 0.717) is 33.9 Å². The van der Waals surface area contributed by atoms with E-state index in [0.717, 1.165) is 27.7 Å². The Balaban J connectivity index is 1.59. The van der Waals surface area contributed by atoms with Gasteiger partial charge in [-0.3, -0.25) is 4.79 Å². The lowest BCUT2D eigenvalue weighted by molar-refractivity contribution is -0.116. The predicted molar refractivity (Wildman–Crippen MR) is 123 cm³/mol. The minimum absolute atomic E-state index is 0.128. The van der Waals surface area contributed by atoms with Crippen molar-refractivity contribution in [1.82, 2.24) is 0 Å². The Kier molecular flexibility index (Phi) is 5.65. The Morgan fingerprint density at radius 2 is 1.50 bits per heavy atom. The van der Waals surface area contributed by atoms with Gasteiger partial charge in [0.05, 0.1) is 14.2 Å². The summed E-state index contributed by atoms with van der Waals surface area (Å²) in [6, 6.07) is 8.87. The molecule has 0 unspecified atom stereocenters. The molecule has 0 saturated carbocycles. The van der Waals surface area contributed by atoms with Crippen LogP contribution in [0.15, 0.2) is 44.0 Å². The van der Waals surface area contributed by atoms with Crippen LogP contribution in [0.2, 0.25) is 0 Å². The van der Waals surface area contributed by atoms with Crippen LogP contribution in [0.3, 0.4) is 0 Å². The van der Waals surface area contributed by atoms with E-state index in [1.54, 1.807) is 38.5 Å². The SMILES string of the molecule is COc1cc(NC(=O)CCc2c(C)c3cc4c(C)c(C)oc4cc3oc2=O)cc(OC)c1. The molecule has 0 fully saturated rings. The van der Waals surface area contributed by atoms with Crippen LogP contribution in [-0.2, 0) is 11.2 Å². The number of nitrogens with one attached hydrogen (secondary N) is 1. The average Bonchev–Trinajstić information content (AvgIpc) is 3.04. The van der Waals surface area contributed by atoms with Crippen LogP contribution in [0.1, 0.15) is 28.9 Å². The number of hydrogen-bond acceptors (Lipinski definition) is 6. The second kappa shape index (κ2) is 8.42. The van der Waals surface area contributed by atoms with Gasteiger partial charge in [-0.05, 0) is 44.4 Å². The smallest absolute Gasteiger partial charge is 0.339 e. The molecule has 32 heavy (non-hydrogen) atoms. The van der Waals surface area contributed by atoms with Gasteiger partial charge in [0.25, 0.3) is 0 Å². The number of fused-ring (bicyclic) bond motifs is 2. The summed E-state index contributed by atoms with van der Waals surface area (Å²) in [5.41, 5.74) is 3.65. The summed E-state index contributed by atoms with van der Waals surface area (Å²) in [6.45, 7) is 5.79. The number of methoxy groups -OCH3 is 2. The summed E-state index contributed by atoms with van der Waals surface area (Å²) in [5.74, 6) is 1.75.